The number of carbonyl (C=O) groups excluding carboxylic acids is 2. The maximum atomic E-state index is 12.6. The lowest BCUT2D eigenvalue weighted by atomic mass is 10.0. The third kappa shape index (κ3) is 5.69. The van der Waals surface area contributed by atoms with Crippen molar-refractivity contribution in [3.63, 3.8) is 0 Å². The molecular formula is C21H27N3O2. The number of pyridine rings is 1. The number of nitrogens with zero attached hydrogens (tertiary/aromatic N) is 1. The van der Waals surface area contributed by atoms with Gasteiger partial charge in [0.15, 0.2) is 0 Å². The van der Waals surface area contributed by atoms with Crippen LogP contribution in [0, 0.1) is 19.8 Å². The standard InChI is InChI=1S/C21H27N3O2/c1-14(2)10-19(21(26)23-13-17-6-5-9-22-12-17)24-20(25)18-8-7-15(3)16(4)11-18/h5-9,11-12,14,19H,10,13H2,1-4H3,(H,23,26)(H,24,25)/t19-/m1/s1. The molecule has 1 atom stereocenters. The van der Waals surface area contributed by atoms with Gasteiger partial charge in [-0.2, -0.15) is 0 Å². The van der Waals surface area contributed by atoms with E-state index in [1.807, 2.05) is 52.0 Å². The van der Waals surface area contributed by atoms with E-state index < -0.39 is 6.04 Å². The summed E-state index contributed by atoms with van der Waals surface area (Å²) in [6, 6.07) is 8.72. The van der Waals surface area contributed by atoms with Gasteiger partial charge < -0.3 is 10.6 Å². The van der Waals surface area contributed by atoms with E-state index >= 15 is 0 Å². The summed E-state index contributed by atoms with van der Waals surface area (Å²) >= 11 is 0. The molecule has 5 heteroatoms. The fourth-order valence-electron chi connectivity index (χ4n) is 2.64. The lowest BCUT2D eigenvalue weighted by Crippen LogP contribution is -2.47. The van der Waals surface area contributed by atoms with Crippen LogP contribution in [0.1, 0.15) is 47.3 Å². The van der Waals surface area contributed by atoms with E-state index in [-0.39, 0.29) is 17.7 Å². The van der Waals surface area contributed by atoms with E-state index in [1.54, 1.807) is 18.5 Å². The molecule has 0 fully saturated rings. The molecule has 0 aliphatic heterocycles. The topological polar surface area (TPSA) is 71.1 Å². The Balaban J connectivity index is 2.04. The van der Waals surface area contributed by atoms with Crippen LogP contribution in [0.4, 0.5) is 0 Å². The number of nitrogens with one attached hydrogen (secondary N) is 2. The first-order valence-corrected chi connectivity index (χ1v) is 8.91. The summed E-state index contributed by atoms with van der Waals surface area (Å²) in [6.45, 7) is 8.43. The highest BCUT2D eigenvalue weighted by Gasteiger charge is 2.22. The SMILES string of the molecule is Cc1ccc(C(=O)N[C@H](CC(C)C)C(=O)NCc2cccnc2)cc1C. The summed E-state index contributed by atoms with van der Waals surface area (Å²) in [6.07, 6.45) is 3.98. The van der Waals surface area contributed by atoms with Crippen molar-refractivity contribution >= 4 is 11.8 Å². The lowest BCUT2D eigenvalue weighted by Gasteiger charge is -2.20. The Kier molecular flexibility index (Phi) is 6.89. The van der Waals surface area contributed by atoms with Crippen LogP contribution in [0.25, 0.3) is 0 Å². The van der Waals surface area contributed by atoms with Crippen LogP contribution >= 0.6 is 0 Å². The van der Waals surface area contributed by atoms with Crippen LogP contribution in [-0.4, -0.2) is 22.8 Å². The molecular weight excluding hydrogens is 326 g/mol. The Hall–Kier alpha value is -2.69. The van der Waals surface area contributed by atoms with Gasteiger partial charge in [-0.3, -0.25) is 14.6 Å². The second-order valence-electron chi connectivity index (χ2n) is 7.03. The number of amides is 2. The van der Waals surface area contributed by atoms with Crippen LogP contribution in [0.15, 0.2) is 42.7 Å². The predicted octanol–water partition coefficient (Wildman–Crippen LogP) is 3.16. The van der Waals surface area contributed by atoms with Gasteiger partial charge in [-0.15, -0.1) is 0 Å². The molecule has 0 aliphatic carbocycles. The largest absolute Gasteiger partial charge is 0.350 e. The molecule has 0 saturated heterocycles. The molecule has 2 aromatic rings. The van der Waals surface area contributed by atoms with Crippen LogP contribution in [-0.2, 0) is 11.3 Å². The van der Waals surface area contributed by atoms with Gasteiger partial charge in [0.1, 0.15) is 6.04 Å². The van der Waals surface area contributed by atoms with E-state index in [1.165, 1.54) is 0 Å². The number of aryl methyl sites for hydroxylation is 2. The molecule has 2 N–H and O–H groups in total. The number of hydrogen-bond acceptors (Lipinski definition) is 3. The second-order valence-corrected chi connectivity index (χ2v) is 7.03. The minimum absolute atomic E-state index is 0.181. The van der Waals surface area contributed by atoms with Crippen molar-refractivity contribution in [1.82, 2.24) is 15.6 Å². The van der Waals surface area contributed by atoms with Crippen molar-refractivity contribution in [2.24, 2.45) is 5.92 Å². The molecule has 0 aliphatic rings. The Labute approximate surface area is 155 Å². The van der Waals surface area contributed by atoms with Crippen molar-refractivity contribution in [2.75, 3.05) is 0 Å². The second kappa shape index (κ2) is 9.13. The normalized spacial score (nSPS) is 11.9. The predicted molar refractivity (Wildman–Crippen MR) is 103 cm³/mol. The third-order valence-electron chi connectivity index (χ3n) is 4.29. The molecule has 1 aromatic heterocycles. The first-order chi connectivity index (χ1) is 12.4. The van der Waals surface area contributed by atoms with E-state index in [0.717, 1.165) is 16.7 Å². The summed E-state index contributed by atoms with van der Waals surface area (Å²) in [4.78, 5) is 29.2. The van der Waals surface area contributed by atoms with E-state index in [4.69, 9.17) is 0 Å². The van der Waals surface area contributed by atoms with Gasteiger partial charge >= 0.3 is 0 Å². The molecule has 0 radical (unpaired) electrons. The van der Waals surface area contributed by atoms with E-state index in [0.29, 0.717) is 18.5 Å². The zero-order valence-corrected chi connectivity index (χ0v) is 15.9. The Morgan fingerprint density at radius 2 is 1.88 bits per heavy atom. The first-order valence-electron chi connectivity index (χ1n) is 8.91. The summed E-state index contributed by atoms with van der Waals surface area (Å²) in [7, 11) is 0. The molecule has 1 aromatic carbocycles. The van der Waals surface area contributed by atoms with Gasteiger partial charge in [0.25, 0.3) is 5.91 Å². The zero-order valence-electron chi connectivity index (χ0n) is 15.9. The quantitative estimate of drug-likeness (QED) is 0.803. The Bertz CT molecular complexity index is 757. The summed E-state index contributed by atoms with van der Waals surface area (Å²) in [5.74, 6) is -0.126. The first kappa shape index (κ1) is 19.6. The molecule has 26 heavy (non-hydrogen) atoms. The van der Waals surface area contributed by atoms with Gasteiger partial charge in [-0.1, -0.05) is 26.0 Å². The van der Waals surface area contributed by atoms with Crippen molar-refractivity contribution < 1.29 is 9.59 Å². The van der Waals surface area contributed by atoms with Crippen molar-refractivity contribution in [1.29, 1.82) is 0 Å². The smallest absolute Gasteiger partial charge is 0.251 e. The Morgan fingerprint density at radius 1 is 1.12 bits per heavy atom. The average Bonchev–Trinajstić information content (AvgIpc) is 2.61. The molecule has 2 rings (SSSR count). The van der Waals surface area contributed by atoms with E-state index in [2.05, 4.69) is 15.6 Å². The van der Waals surface area contributed by atoms with Gasteiger partial charge in [-0.05, 0) is 61.1 Å². The van der Waals surface area contributed by atoms with Crippen molar-refractivity contribution in [3.8, 4) is 0 Å². The van der Waals surface area contributed by atoms with Gasteiger partial charge in [0, 0.05) is 24.5 Å². The maximum Gasteiger partial charge on any atom is 0.251 e. The van der Waals surface area contributed by atoms with Crippen LogP contribution < -0.4 is 10.6 Å². The van der Waals surface area contributed by atoms with Crippen molar-refractivity contribution in [3.05, 3.63) is 65.0 Å². The monoisotopic (exact) mass is 353 g/mol. The Morgan fingerprint density at radius 3 is 2.50 bits per heavy atom. The van der Waals surface area contributed by atoms with E-state index in [9.17, 15) is 9.59 Å². The lowest BCUT2D eigenvalue weighted by molar-refractivity contribution is -0.123. The number of rotatable bonds is 7. The van der Waals surface area contributed by atoms with Gasteiger partial charge in [-0.25, -0.2) is 0 Å². The fraction of sp³-hybridized carbons (Fsp3) is 0.381. The number of benzene rings is 1. The number of aromatic nitrogens is 1. The highest BCUT2D eigenvalue weighted by atomic mass is 16.2. The van der Waals surface area contributed by atoms with Crippen molar-refractivity contribution in [2.45, 2.75) is 46.7 Å². The maximum absolute atomic E-state index is 12.6. The highest BCUT2D eigenvalue weighted by Crippen LogP contribution is 2.11. The molecule has 138 valence electrons. The number of hydrogen-bond donors (Lipinski definition) is 2. The van der Waals surface area contributed by atoms with Crippen LogP contribution in [0.2, 0.25) is 0 Å². The van der Waals surface area contributed by atoms with Gasteiger partial charge in [0.05, 0.1) is 0 Å². The molecule has 2 amide bonds. The highest BCUT2D eigenvalue weighted by molar-refractivity contribution is 5.97. The fourth-order valence-corrected chi connectivity index (χ4v) is 2.64. The molecule has 0 spiro atoms. The van der Waals surface area contributed by atoms with Gasteiger partial charge in [0.2, 0.25) is 5.91 Å². The average molecular weight is 353 g/mol. The molecule has 1 heterocycles. The molecule has 0 bridgehead atoms. The summed E-state index contributed by atoms with van der Waals surface area (Å²) in [5.41, 5.74) is 3.68. The van der Waals surface area contributed by atoms with Crippen LogP contribution in [0.5, 0.6) is 0 Å². The van der Waals surface area contributed by atoms with Crippen LogP contribution in [0.3, 0.4) is 0 Å². The minimum atomic E-state index is -0.569. The number of carbonyl (C=O) groups is 2. The molecule has 0 unspecified atom stereocenters. The molecule has 5 nitrogen and oxygen atoms in total. The summed E-state index contributed by atoms with van der Waals surface area (Å²) in [5, 5.41) is 5.77. The third-order valence-corrected chi connectivity index (χ3v) is 4.29. The zero-order chi connectivity index (χ0) is 19.1. The summed E-state index contributed by atoms with van der Waals surface area (Å²) < 4.78 is 0. The minimum Gasteiger partial charge on any atom is -0.350 e. The molecule has 0 saturated carbocycles.